The Morgan fingerprint density at radius 3 is 2.19 bits per heavy atom. The largest absolute Gasteiger partial charge is 0.494 e. The standard InChI is InChI=1S/C24H24F6N2O3S/c1-14(2)18(16-5-7-17(8-6-16)36(26,27,28,29)30)12-21(33)20-13-24(34)32-23(31-20)11-15-4-9-22(35-3)19(25)10-15/h4-10,13-14,18H,11-12H2,1-3H3,(H,31,32,34)/t18-/m1/s1. The summed E-state index contributed by atoms with van der Waals surface area (Å²) in [5, 5.41) is 0. The van der Waals surface area contributed by atoms with Crippen molar-refractivity contribution in [2.75, 3.05) is 7.11 Å². The summed E-state index contributed by atoms with van der Waals surface area (Å²) in [6.07, 6.45) is -0.207. The van der Waals surface area contributed by atoms with E-state index in [1.54, 1.807) is 19.9 Å². The van der Waals surface area contributed by atoms with Crippen molar-refractivity contribution in [2.24, 2.45) is 5.92 Å². The van der Waals surface area contributed by atoms with Gasteiger partial charge in [-0.3, -0.25) is 9.59 Å². The lowest BCUT2D eigenvalue weighted by atomic mass is 9.84. The van der Waals surface area contributed by atoms with Gasteiger partial charge in [-0.15, -0.1) is 0 Å². The highest BCUT2D eigenvalue weighted by Gasteiger charge is 2.65. The van der Waals surface area contributed by atoms with E-state index in [9.17, 15) is 33.4 Å². The summed E-state index contributed by atoms with van der Waals surface area (Å²) in [5.41, 5.74) is -0.0523. The molecule has 196 valence electrons. The van der Waals surface area contributed by atoms with Crippen molar-refractivity contribution < 1.29 is 33.4 Å². The van der Waals surface area contributed by atoms with E-state index in [4.69, 9.17) is 4.74 Å². The van der Waals surface area contributed by atoms with Gasteiger partial charge in [-0.2, -0.15) is 0 Å². The lowest BCUT2D eigenvalue weighted by Gasteiger charge is -2.40. The second-order valence-corrected chi connectivity index (χ2v) is 11.1. The number of carbonyl (C=O) groups is 1. The Labute approximate surface area is 203 Å². The summed E-state index contributed by atoms with van der Waals surface area (Å²) in [4.78, 5) is 29.8. The molecule has 0 aliphatic rings. The Kier molecular flexibility index (Phi) is 6.82. The molecule has 0 saturated carbocycles. The Morgan fingerprint density at radius 1 is 1.03 bits per heavy atom. The van der Waals surface area contributed by atoms with Crippen molar-refractivity contribution in [1.29, 1.82) is 0 Å². The van der Waals surface area contributed by atoms with E-state index in [0.717, 1.165) is 18.2 Å². The van der Waals surface area contributed by atoms with Gasteiger partial charge in [0.15, 0.2) is 17.3 Å². The molecule has 5 nitrogen and oxygen atoms in total. The van der Waals surface area contributed by atoms with Gasteiger partial charge < -0.3 is 9.72 Å². The topological polar surface area (TPSA) is 72.0 Å². The number of methoxy groups -OCH3 is 1. The van der Waals surface area contributed by atoms with Gasteiger partial charge in [0.25, 0.3) is 5.56 Å². The first-order chi connectivity index (χ1) is 16.5. The van der Waals surface area contributed by atoms with E-state index >= 15 is 0 Å². The van der Waals surface area contributed by atoms with Gasteiger partial charge in [-0.1, -0.05) is 51.5 Å². The summed E-state index contributed by atoms with van der Waals surface area (Å²) >= 11 is 0. The van der Waals surface area contributed by atoms with Crippen molar-refractivity contribution in [3.8, 4) is 5.75 Å². The number of rotatable bonds is 9. The Hall–Kier alpha value is -3.28. The van der Waals surface area contributed by atoms with Crippen LogP contribution >= 0.6 is 10.2 Å². The van der Waals surface area contributed by atoms with Gasteiger partial charge in [-0.05, 0) is 47.2 Å². The second-order valence-electron chi connectivity index (χ2n) is 8.74. The molecule has 0 fully saturated rings. The summed E-state index contributed by atoms with van der Waals surface area (Å²) in [6, 6.07) is 7.67. The molecule has 0 unspecified atom stereocenters. The highest BCUT2D eigenvalue weighted by molar-refractivity contribution is 8.45. The van der Waals surface area contributed by atoms with Gasteiger partial charge in [0, 0.05) is 18.9 Å². The average molecular weight is 535 g/mol. The lowest BCUT2D eigenvalue weighted by molar-refractivity contribution is 0.0960. The minimum atomic E-state index is -9.82. The smallest absolute Gasteiger partial charge is 0.310 e. The van der Waals surface area contributed by atoms with Crippen LogP contribution in [0.4, 0.5) is 23.8 Å². The maximum atomic E-state index is 14.0. The fourth-order valence-corrected chi connectivity index (χ4v) is 4.41. The molecule has 2 aromatic carbocycles. The molecule has 0 amide bonds. The molecule has 0 bridgehead atoms. The van der Waals surface area contributed by atoms with E-state index in [2.05, 4.69) is 9.97 Å². The van der Waals surface area contributed by atoms with Crippen LogP contribution in [-0.2, 0) is 6.42 Å². The predicted molar refractivity (Wildman–Crippen MR) is 125 cm³/mol. The number of hydrogen-bond acceptors (Lipinski definition) is 4. The molecular formula is C24H24F6N2O3S. The second kappa shape index (κ2) is 8.99. The number of aromatic nitrogens is 2. The minimum Gasteiger partial charge on any atom is -0.494 e. The number of nitrogens with one attached hydrogen (secondary N) is 1. The first-order valence-corrected chi connectivity index (χ1v) is 12.7. The average Bonchev–Trinajstić information content (AvgIpc) is 2.75. The van der Waals surface area contributed by atoms with Crippen LogP contribution in [0.1, 0.15) is 53.6 Å². The molecule has 3 aromatic rings. The first-order valence-electron chi connectivity index (χ1n) is 10.8. The summed E-state index contributed by atoms with van der Waals surface area (Å²) in [5.74, 6) is -1.89. The quantitative estimate of drug-likeness (QED) is 0.233. The number of ether oxygens (including phenoxy) is 1. The monoisotopic (exact) mass is 534 g/mol. The number of carbonyl (C=O) groups excluding carboxylic acids is 1. The maximum absolute atomic E-state index is 14.0. The third-order valence-electron chi connectivity index (χ3n) is 5.63. The van der Waals surface area contributed by atoms with Crippen molar-refractivity contribution >= 4 is 16.0 Å². The number of H-pyrrole nitrogens is 1. The van der Waals surface area contributed by atoms with Gasteiger partial charge in [0.2, 0.25) is 0 Å². The lowest BCUT2D eigenvalue weighted by Crippen LogP contribution is -2.19. The third kappa shape index (κ3) is 6.68. The molecule has 1 aromatic heterocycles. The molecule has 12 heteroatoms. The molecule has 36 heavy (non-hydrogen) atoms. The van der Waals surface area contributed by atoms with E-state index in [-0.39, 0.29) is 41.6 Å². The molecule has 0 radical (unpaired) electrons. The van der Waals surface area contributed by atoms with E-state index < -0.39 is 38.2 Å². The van der Waals surface area contributed by atoms with Gasteiger partial charge >= 0.3 is 10.2 Å². The molecule has 0 aliphatic heterocycles. The van der Waals surface area contributed by atoms with Crippen LogP contribution in [0.2, 0.25) is 0 Å². The van der Waals surface area contributed by atoms with Crippen LogP contribution in [0.3, 0.4) is 0 Å². The predicted octanol–water partition coefficient (Wildman–Crippen LogP) is 7.18. The maximum Gasteiger partial charge on any atom is 0.310 e. The SMILES string of the molecule is COc1ccc(Cc2nc(C(=O)C[C@@H](c3ccc(S(F)(F)(F)(F)F)cc3)C(C)C)cc(=O)[nH]2)cc1F. The summed E-state index contributed by atoms with van der Waals surface area (Å²) in [7, 11) is -8.50. The number of benzene rings is 2. The number of nitrogens with zero attached hydrogens (tertiary/aromatic N) is 1. The van der Waals surface area contributed by atoms with Gasteiger partial charge in [-0.25, -0.2) is 9.37 Å². The zero-order chi connectivity index (χ0) is 27.0. The van der Waals surface area contributed by atoms with Gasteiger partial charge in [0.1, 0.15) is 16.4 Å². The molecule has 3 rings (SSSR count). The summed E-state index contributed by atoms with van der Waals surface area (Å²) in [6.45, 7) is 3.45. The van der Waals surface area contributed by atoms with E-state index in [1.807, 2.05) is 0 Å². The molecule has 0 aliphatic carbocycles. The number of ketones is 1. The Bertz CT molecular complexity index is 1340. The van der Waals surface area contributed by atoms with E-state index in [0.29, 0.717) is 17.7 Å². The number of hydrogen-bond donors (Lipinski definition) is 1. The highest BCUT2D eigenvalue weighted by Crippen LogP contribution is 3.02. The molecule has 0 saturated heterocycles. The molecule has 1 heterocycles. The fourth-order valence-electron chi connectivity index (χ4n) is 3.76. The van der Waals surface area contributed by atoms with Crippen LogP contribution in [0.25, 0.3) is 0 Å². The van der Waals surface area contributed by atoms with Crippen molar-refractivity contribution in [1.82, 2.24) is 9.97 Å². The van der Waals surface area contributed by atoms with Crippen LogP contribution in [0, 0.1) is 11.7 Å². The summed E-state index contributed by atoms with van der Waals surface area (Å²) < 4.78 is 84.0. The van der Waals surface area contributed by atoms with Crippen LogP contribution in [0.5, 0.6) is 5.75 Å². The van der Waals surface area contributed by atoms with Crippen molar-refractivity contribution in [3.05, 3.63) is 87.3 Å². The normalized spacial score (nSPS) is 14.7. The number of Topliss-reactive ketones (excluding diaryl/α,β-unsaturated/α-hetero) is 1. The highest BCUT2D eigenvalue weighted by atomic mass is 32.5. The van der Waals surface area contributed by atoms with Crippen LogP contribution < -0.4 is 10.3 Å². The Balaban J connectivity index is 1.84. The Morgan fingerprint density at radius 2 is 1.67 bits per heavy atom. The molecule has 1 N–H and O–H groups in total. The van der Waals surface area contributed by atoms with Gasteiger partial charge in [0.05, 0.1) is 7.11 Å². The van der Waals surface area contributed by atoms with Crippen LogP contribution in [-0.4, -0.2) is 22.9 Å². The third-order valence-corrected chi connectivity index (χ3v) is 6.79. The van der Waals surface area contributed by atoms with Crippen LogP contribution in [0.15, 0.2) is 58.2 Å². The zero-order valence-electron chi connectivity index (χ0n) is 19.5. The zero-order valence-corrected chi connectivity index (χ0v) is 20.4. The van der Waals surface area contributed by atoms with Crippen molar-refractivity contribution in [3.63, 3.8) is 0 Å². The first kappa shape index (κ1) is 27.3. The minimum absolute atomic E-state index is 0.0146. The number of halogens is 6. The molecule has 1 atom stereocenters. The van der Waals surface area contributed by atoms with Crippen molar-refractivity contribution in [2.45, 2.75) is 37.5 Å². The molecular weight excluding hydrogens is 510 g/mol. The fraction of sp³-hybridized carbons (Fsp3) is 0.292. The van der Waals surface area contributed by atoms with E-state index in [1.165, 1.54) is 19.2 Å². The molecule has 0 spiro atoms. The number of aromatic amines is 1.